The number of fused-ring (bicyclic) bond motifs is 1. The van der Waals surface area contributed by atoms with E-state index in [-0.39, 0.29) is 11.7 Å². The lowest BCUT2D eigenvalue weighted by Crippen LogP contribution is -2.11. The lowest BCUT2D eigenvalue weighted by molar-refractivity contribution is -0.116. The first-order valence-electron chi connectivity index (χ1n) is 8.48. The van der Waals surface area contributed by atoms with Crippen LogP contribution in [0, 0.1) is 0 Å². The minimum atomic E-state index is -0.0199. The van der Waals surface area contributed by atoms with Gasteiger partial charge in [-0.25, -0.2) is 0 Å². The summed E-state index contributed by atoms with van der Waals surface area (Å²) in [6.07, 6.45) is 2.35. The third-order valence-corrected chi connectivity index (χ3v) is 4.18. The number of H-pyrrole nitrogens is 1. The SMILES string of the molecule is CCCCC(=O)Nc1n[nH]c2cc(-c3cccc(C(C)=O)c3)ccc12. The molecule has 0 saturated carbocycles. The van der Waals surface area contributed by atoms with E-state index in [0.29, 0.717) is 17.8 Å². The molecule has 3 aromatic rings. The van der Waals surface area contributed by atoms with Gasteiger partial charge < -0.3 is 5.32 Å². The number of rotatable bonds is 6. The van der Waals surface area contributed by atoms with Crippen LogP contribution >= 0.6 is 0 Å². The molecule has 0 saturated heterocycles. The highest BCUT2D eigenvalue weighted by molar-refractivity contribution is 6.01. The Morgan fingerprint density at radius 1 is 1.12 bits per heavy atom. The molecular weight excluding hydrogens is 314 g/mol. The smallest absolute Gasteiger partial charge is 0.225 e. The van der Waals surface area contributed by atoms with Crippen molar-refractivity contribution in [3.8, 4) is 11.1 Å². The van der Waals surface area contributed by atoms with Crippen molar-refractivity contribution in [3.05, 3.63) is 48.0 Å². The molecule has 0 spiro atoms. The molecule has 0 fully saturated rings. The van der Waals surface area contributed by atoms with Gasteiger partial charge in [0, 0.05) is 17.4 Å². The second-order valence-corrected chi connectivity index (χ2v) is 6.12. The van der Waals surface area contributed by atoms with Gasteiger partial charge in [-0.15, -0.1) is 0 Å². The van der Waals surface area contributed by atoms with Crippen molar-refractivity contribution in [3.63, 3.8) is 0 Å². The van der Waals surface area contributed by atoms with Crippen molar-refractivity contribution in [2.75, 3.05) is 5.32 Å². The number of aromatic amines is 1. The van der Waals surface area contributed by atoms with Crippen molar-refractivity contribution < 1.29 is 9.59 Å². The van der Waals surface area contributed by atoms with Gasteiger partial charge in [0.25, 0.3) is 0 Å². The number of hydrogen-bond acceptors (Lipinski definition) is 3. The zero-order valence-electron chi connectivity index (χ0n) is 14.4. The molecule has 2 N–H and O–H groups in total. The van der Waals surface area contributed by atoms with Gasteiger partial charge in [0.15, 0.2) is 11.6 Å². The fraction of sp³-hybridized carbons (Fsp3) is 0.250. The molecule has 0 aliphatic heterocycles. The lowest BCUT2D eigenvalue weighted by Gasteiger charge is -2.05. The van der Waals surface area contributed by atoms with Crippen molar-refractivity contribution in [1.82, 2.24) is 10.2 Å². The summed E-state index contributed by atoms with van der Waals surface area (Å²) in [5, 5.41) is 10.9. The summed E-state index contributed by atoms with van der Waals surface area (Å²) in [6, 6.07) is 13.4. The molecule has 0 bridgehead atoms. The number of nitrogens with one attached hydrogen (secondary N) is 2. The van der Waals surface area contributed by atoms with Gasteiger partial charge in [0.05, 0.1) is 5.52 Å². The molecule has 0 aliphatic rings. The Hall–Kier alpha value is -2.95. The minimum absolute atomic E-state index is 0.0199. The van der Waals surface area contributed by atoms with Crippen LogP contribution in [-0.2, 0) is 4.79 Å². The first-order valence-corrected chi connectivity index (χ1v) is 8.48. The van der Waals surface area contributed by atoms with Crippen LogP contribution in [-0.4, -0.2) is 21.9 Å². The van der Waals surface area contributed by atoms with E-state index in [0.717, 1.165) is 34.9 Å². The molecule has 0 aliphatic carbocycles. The van der Waals surface area contributed by atoms with Crippen LogP contribution in [0.5, 0.6) is 0 Å². The number of aromatic nitrogens is 2. The maximum Gasteiger partial charge on any atom is 0.225 e. The number of Topliss-reactive ketones (excluding diaryl/α,β-unsaturated/α-hetero) is 1. The molecule has 0 atom stereocenters. The Labute approximate surface area is 146 Å². The molecule has 0 radical (unpaired) electrons. The molecule has 0 unspecified atom stereocenters. The Balaban J connectivity index is 1.88. The predicted octanol–water partition coefficient (Wildman–Crippen LogP) is 4.56. The molecule has 5 nitrogen and oxygen atoms in total. The van der Waals surface area contributed by atoms with Crippen LogP contribution < -0.4 is 5.32 Å². The summed E-state index contributed by atoms with van der Waals surface area (Å²) in [7, 11) is 0. The lowest BCUT2D eigenvalue weighted by atomic mass is 10.0. The summed E-state index contributed by atoms with van der Waals surface area (Å²) >= 11 is 0. The quantitative estimate of drug-likeness (QED) is 0.648. The zero-order valence-corrected chi connectivity index (χ0v) is 14.4. The van der Waals surface area contributed by atoms with Crippen LogP contribution in [0.3, 0.4) is 0 Å². The van der Waals surface area contributed by atoms with E-state index >= 15 is 0 Å². The van der Waals surface area contributed by atoms with Crippen molar-refractivity contribution in [2.45, 2.75) is 33.1 Å². The van der Waals surface area contributed by atoms with E-state index in [1.54, 1.807) is 6.92 Å². The summed E-state index contributed by atoms with van der Waals surface area (Å²) < 4.78 is 0. The highest BCUT2D eigenvalue weighted by Crippen LogP contribution is 2.27. The maximum absolute atomic E-state index is 11.9. The summed E-state index contributed by atoms with van der Waals surface area (Å²) in [5.74, 6) is 0.579. The standard InChI is InChI=1S/C20H21N3O2/c1-3-4-8-19(25)21-20-17-10-9-16(12-18(17)22-23-20)15-7-5-6-14(11-15)13(2)24/h5-7,9-12H,3-4,8H2,1-2H3,(H2,21,22,23,25). The number of benzene rings is 2. The number of unbranched alkanes of at least 4 members (excludes halogenated alkanes) is 1. The zero-order chi connectivity index (χ0) is 17.8. The van der Waals surface area contributed by atoms with E-state index in [4.69, 9.17) is 0 Å². The van der Waals surface area contributed by atoms with Gasteiger partial charge in [-0.3, -0.25) is 14.7 Å². The largest absolute Gasteiger partial charge is 0.309 e. The number of ketones is 1. The van der Waals surface area contributed by atoms with Crippen LogP contribution in [0.15, 0.2) is 42.5 Å². The monoisotopic (exact) mass is 335 g/mol. The molecule has 1 heterocycles. The van der Waals surface area contributed by atoms with Crippen LogP contribution in [0.25, 0.3) is 22.0 Å². The van der Waals surface area contributed by atoms with Crippen LogP contribution in [0.1, 0.15) is 43.5 Å². The Kier molecular flexibility index (Phi) is 4.93. The van der Waals surface area contributed by atoms with E-state index < -0.39 is 0 Å². The predicted molar refractivity (Wildman–Crippen MR) is 99.7 cm³/mol. The molecule has 5 heteroatoms. The van der Waals surface area contributed by atoms with Crippen LogP contribution in [0.4, 0.5) is 5.82 Å². The highest BCUT2D eigenvalue weighted by atomic mass is 16.1. The first kappa shape index (κ1) is 16.9. The Morgan fingerprint density at radius 3 is 2.68 bits per heavy atom. The summed E-state index contributed by atoms with van der Waals surface area (Å²) in [4.78, 5) is 23.5. The number of carbonyl (C=O) groups is 2. The third-order valence-electron chi connectivity index (χ3n) is 4.18. The van der Waals surface area contributed by atoms with Gasteiger partial charge in [-0.1, -0.05) is 37.6 Å². The minimum Gasteiger partial charge on any atom is -0.309 e. The van der Waals surface area contributed by atoms with Crippen molar-refractivity contribution in [1.29, 1.82) is 0 Å². The first-order chi connectivity index (χ1) is 12.1. The second kappa shape index (κ2) is 7.30. The molecule has 1 aromatic heterocycles. The normalized spacial score (nSPS) is 10.8. The van der Waals surface area contributed by atoms with Crippen molar-refractivity contribution in [2.24, 2.45) is 0 Å². The van der Waals surface area contributed by atoms with E-state index in [9.17, 15) is 9.59 Å². The maximum atomic E-state index is 11.9. The average molecular weight is 335 g/mol. The molecular formula is C20H21N3O2. The van der Waals surface area contributed by atoms with E-state index in [1.165, 1.54) is 0 Å². The summed E-state index contributed by atoms with van der Waals surface area (Å²) in [6.45, 7) is 3.62. The fourth-order valence-electron chi connectivity index (χ4n) is 2.74. The second-order valence-electron chi connectivity index (χ2n) is 6.12. The average Bonchev–Trinajstić information content (AvgIpc) is 3.02. The van der Waals surface area contributed by atoms with E-state index in [2.05, 4.69) is 22.4 Å². The molecule has 3 rings (SSSR count). The summed E-state index contributed by atoms with van der Waals surface area (Å²) in [5.41, 5.74) is 3.49. The van der Waals surface area contributed by atoms with Gasteiger partial charge in [0.1, 0.15) is 0 Å². The van der Waals surface area contributed by atoms with Gasteiger partial charge in [0.2, 0.25) is 5.91 Å². The van der Waals surface area contributed by atoms with Gasteiger partial charge in [-0.2, -0.15) is 5.10 Å². The van der Waals surface area contributed by atoms with Crippen molar-refractivity contribution >= 4 is 28.4 Å². The van der Waals surface area contributed by atoms with E-state index in [1.807, 2.05) is 42.5 Å². The molecule has 2 aromatic carbocycles. The highest BCUT2D eigenvalue weighted by Gasteiger charge is 2.10. The number of anilines is 1. The topological polar surface area (TPSA) is 74.8 Å². The Morgan fingerprint density at radius 2 is 1.92 bits per heavy atom. The number of carbonyl (C=O) groups excluding carboxylic acids is 2. The molecule has 1 amide bonds. The molecule has 128 valence electrons. The fourth-order valence-corrected chi connectivity index (χ4v) is 2.74. The number of amides is 1. The van der Waals surface area contributed by atoms with Crippen LogP contribution in [0.2, 0.25) is 0 Å². The number of nitrogens with zero attached hydrogens (tertiary/aromatic N) is 1. The van der Waals surface area contributed by atoms with Gasteiger partial charge >= 0.3 is 0 Å². The van der Waals surface area contributed by atoms with Gasteiger partial charge in [-0.05, 0) is 42.7 Å². The number of hydrogen-bond donors (Lipinski definition) is 2. The Bertz CT molecular complexity index is 928. The molecule has 25 heavy (non-hydrogen) atoms. The third kappa shape index (κ3) is 3.76.